The fourth-order valence-corrected chi connectivity index (χ4v) is 2.63. The van der Waals surface area contributed by atoms with Gasteiger partial charge in [-0.2, -0.15) is 0 Å². The van der Waals surface area contributed by atoms with Crippen LogP contribution in [0, 0.1) is 6.92 Å². The Labute approximate surface area is 139 Å². The maximum Gasteiger partial charge on any atom is 0.308 e. The number of benzene rings is 2. The zero-order valence-electron chi connectivity index (χ0n) is 13.6. The lowest BCUT2D eigenvalue weighted by atomic mass is 10.0. The molecular weight excluding hydrogens is 308 g/mol. The maximum atomic E-state index is 12.6. The summed E-state index contributed by atoms with van der Waals surface area (Å²) in [5.41, 5.74) is 1.92. The molecule has 0 N–H and O–H groups in total. The monoisotopic (exact) mass is 324 g/mol. The number of esters is 1. The van der Waals surface area contributed by atoms with Crippen molar-refractivity contribution in [2.75, 3.05) is 7.11 Å². The molecule has 122 valence electrons. The Morgan fingerprint density at radius 2 is 1.96 bits per heavy atom. The van der Waals surface area contributed by atoms with Gasteiger partial charge in [0.05, 0.1) is 12.7 Å². The summed E-state index contributed by atoms with van der Waals surface area (Å²) in [6.07, 6.45) is 1.64. The summed E-state index contributed by atoms with van der Waals surface area (Å²) in [6, 6.07) is 10.5. The smallest absolute Gasteiger partial charge is 0.308 e. The first-order valence-corrected chi connectivity index (χ1v) is 7.40. The molecular formula is C19H16O5. The van der Waals surface area contributed by atoms with Gasteiger partial charge in [0.15, 0.2) is 5.76 Å². The van der Waals surface area contributed by atoms with Gasteiger partial charge in [-0.15, -0.1) is 0 Å². The Kier molecular flexibility index (Phi) is 4.08. The standard InChI is InChI=1S/C19H16O5/c1-11-8-14(23-12(2)20)10-16-18(11)19(21)17(24-16)9-13-6-4-5-7-15(13)22-3/h4-10H,1-3H3/b17-9-. The average Bonchev–Trinajstić information content (AvgIpc) is 2.83. The Balaban J connectivity index is 2.00. The highest BCUT2D eigenvalue weighted by atomic mass is 16.5. The molecule has 0 amide bonds. The third kappa shape index (κ3) is 2.88. The van der Waals surface area contributed by atoms with E-state index in [2.05, 4.69) is 0 Å². The lowest BCUT2D eigenvalue weighted by Crippen LogP contribution is -2.02. The Morgan fingerprint density at radius 1 is 1.21 bits per heavy atom. The number of aryl methyl sites for hydroxylation is 1. The number of carbonyl (C=O) groups excluding carboxylic acids is 2. The minimum absolute atomic E-state index is 0.206. The van der Waals surface area contributed by atoms with Crippen molar-refractivity contribution in [3.63, 3.8) is 0 Å². The number of methoxy groups -OCH3 is 1. The molecule has 0 aromatic heterocycles. The van der Waals surface area contributed by atoms with Crippen LogP contribution in [0.5, 0.6) is 17.2 Å². The van der Waals surface area contributed by atoms with Crippen LogP contribution in [0.2, 0.25) is 0 Å². The molecule has 0 saturated carbocycles. The highest BCUT2D eigenvalue weighted by molar-refractivity contribution is 6.15. The average molecular weight is 324 g/mol. The summed E-state index contributed by atoms with van der Waals surface area (Å²) in [5.74, 6) is 0.959. The number of ether oxygens (including phenoxy) is 3. The van der Waals surface area contributed by atoms with E-state index in [1.54, 1.807) is 32.2 Å². The van der Waals surface area contributed by atoms with Gasteiger partial charge in [0, 0.05) is 18.6 Å². The molecule has 0 saturated heterocycles. The lowest BCUT2D eigenvalue weighted by molar-refractivity contribution is -0.131. The van der Waals surface area contributed by atoms with E-state index < -0.39 is 5.97 Å². The second-order valence-corrected chi connectivity index (χ2v) is 5.39. The van der Waals surface area contributed by atoms with Crippen LogP contribution >= 0.6 is 0 Å². The number of allylic oxidation sites excluding steroid dienone is 1. The molecule has 5 nitrogen and oxygen atoms in total. The number of hydrogen-bond acceptors (Lipinski definition) is 5. The molecule has 3 rings (SSSR count). The van der Waals surface area contributed by atoms with Crippen LogP contribution in [-0.2, 0) is 4.79 Å². The van der Waals surface area contributed by atoms with Gasteiger partial charge in [0.25, 0.3) is 0 Å². The van der Waals surface area contributed by atoms with E-state index in [-0.39, 0.29) is 11.5 Å². The molecule has 0 aliphatic carbocycles. The summed E-state index contributed by atoms with van der Waals surface area (Å²) in [6.45, 7) is 3.10. The van der Waals surface area contributed by atoms with Gasteiger partial charge < -0.3 is 14.2 Å². The van der Waals surface area contributed by atoms with E-state index in [9.17, 15) is 9.59 Å². The predicted octanol–water partition coefficient (Wildman–Crippen LogP) is 3.55. The quantitative estimate of drug-likeness (QED) is 0.491. The van der Waals surface area contributed by atoms with E-state index in [0.717, 1.165) is 5.56 Å². The number of carbonyl (C=O) groups is 2. The van der Waals surface area contributed by atoms with Crippen LogP contribution in [0.4, 0.5) is 0 Å². The molecule has 0 unspecified atom stereocenters. The molecule has 2 aromatic rings. The van der Waals surface area contributed by atoms with E-state index in [1.807, 2.05) is 24.3 Å². The zero-order chi connectivity index (χ0) is 17.3. The van der Waals surface area contributed by atoms with Crippen molar-refractivity contribution in [2.45, 2.75) is 13.8 Å². The summed E-state index contributed by atoms with van der Waals surface area (Å²) in [7, 11) is 1.57. The van der Waals surface area contributed by atoms with Crippen LogP contribution < -0.4 is 14.2 Å². The van der Waals surface area contributed by atoms with Gasteiger partial charge in [-0.05, 0) is 30.7 Å². The van der Waals surface area contributed by atoms with Crippen LogP contribution in [0.1, 0.15) is 28.4 Å². The zero-order valence-corrected chi connectivity index (χ0v) is 13.6. The van der Waals surface area contributed by atoms with Crippen molar-refractivity contribution in [3.05, 3.63) is 58.8 Å². The first kappa shape index (κ1) is 15.8. The van der Waals surface area contributed by atoms with E-state index in [4.69, 9.17) is 14.2 Å². The SMILES string of the molecule is COc1ccccc1/C=C1\Oc2cc(OC(C)=O)cc(C)c2C1=O. The molecule has 5 heteroatoms. The largest absolute Gasteiger partial charge is 0.496 e. The lowest BCUT2D eigenvalue weighted by Gasteiger charge is -2.06. The number of ketones is 1. The summed E-state index contributed by atoms with van der Waals surface area (Å²) in [4.78, 5) is 23.7. The Bertz CT molecular complexity index is 864. The highest BCUT2D eigenvalue weighted by Gasteiger charge is 2.30. The number of hydrogen-bond donors (Lipinski definition) is 0. The van der Waals surface area contributed by atoms with Crippen LogP contribution in [0.15, 0.2) is 42.2 Å². The van der Waals surface area contributed by atoms with Crippen molar-refractivity contribution >= 4 is 17.8 Å². The maximum absolute atomic E-state index is 12.6. The topological polar surface area (TPSA) is 61.8 Å². The molecule has 2 aromatic carbocycles. The summed E-state index contributed by atoms with van der Waals surface area (Å²) in [5, 5.41) is 0. The minimum atomic E-state index is -0.427. The van der Waals surface area contributed by atoms with Gasteiger partial charge in [-0.25, -0.2) is 0 Å². The number of para-hydroxylation sites is 1. The molecule has 24 heavy (non-hydrogen) atoms. The molecule has 1 aliphatic heterocycles. The molecule has 0 spiro atoms. The van der Waals surface area contributed by atoms with Crippen molar-refractivity contribution in [2.24, 2.45) is 0 Å². The fourth-order valence-electron chi connectivity index (χ4n) is 2.63. The van der Waals surface area contributed by atoms with Gasteiger partial charge in [-0.3, -0.25) is 9.59 Å². The molecule has 0 bridgehead atoms. The number of Topliss-reactive ketones (excluding diaryl/α,β-unsaturated/α-hetero) is 1. The molecule has 0 atom stereocenters. The van der Waals surface area contributed by atoms with Gasteiger partial charge in [-0.1, -0.05) is 18.2 Å². The van der Waals surface area contributed by atoms with Crippen molar-refractivity contribution in [1.29, 1.82) is 0 Å². The molecule has 1 heterocycles. The van der Waals surface area contributed by atoms with Gasteiger partial charge in [0.2, 0.25) is 5.78 Å². The van der Waals surface area contributed by atoms with Crippen molar-refractivity contribution in [1.82, 2.24) is 0 Å². The number of rotatable bonds is 3. The highest BCUT2D eigenvalue weighted by Crippen LogP contribution is 2.38. The third-order valence-electron chi connectivity index (χ3n) is 3.63. The van der Waals surface area contributed by atoms with E-state index in [0.29, 0.717) is 28.4 Å². The first-order valence-electron chi connectivity index (χ1n) is 7.40. The van der Waals surface area contributed by atoms with Crippen LogP contribution in [0.3, 0.4) is 0 Å². The van der Waals surface area contributed by atoms with E-state index in [1.165, 1.54) is 6.92 Å². The van der Waals surface area contributed by atoms with Crippen LogP contribution in [-0.4, -0.2) is 18.9 Å². The van der Waals surface area contributed by atoms with Crippen LogP contribution in [0.25, 0.3) is 6.08 Å². The second-order valence-electron chi connectivity index (χ2n) is 5.39. The molecule has 0 fully saturated rings. The van der Waals surface area contributed by atoms with Gasteiger partial charge >= 0.3 is 5.97 Å². The predicted molar refractivity (Wildman–Crippen MR) is 88.4 cm³/mol. The molecule has 1 aliphatic rings. The number of fused-ring (bicyclic) bond motifs is 1. The fraction of sp³-hybridized carbons (Fsp3) is 0.158. The minimum Gasteiger partial charge on any atom is -0.496 e. The van der Waals surface area contributed by atoms with Crippen molar-refractivity contribution < 1.29 is 23.8 Å². The Morgan fingerprint density at radius 3 is 2.67 bits per heavy atom. The van der Waals surface area contributed by atoms with Crippen molar-refractivity contribution in [3.8, 4) is 17.2 Å². The normalized spacial score (nSPS) is 14.3. The summed E-state index contributed by atoms with van der Waals surface area (Å²) < 4.78 is 16.1. The first-order chi connectivity index (χ1) is 11.5. The third-order valence-corrected chi connectivity index (χ3v) is 3.63. The Hall–Kier alpha value is -3.08. The molecule has 0 radical (unpaired) electrons. The van der Waals surface area contributed by atoms with Gasteiger partial charge in [0.1, 0.15) is 17.2 Å². The van der Waals surface area contributed by atoms with E-state index >= 15 is 0 Å². The second kappa shape index (κ2) is 6.20. The summed E-state index contributed by atoms with van der Waals surface area (Å²) >= 11 is 0.